The lowest BCUT2D eigenvalue weighted by atomic mass is 10.0. The van der Waals surface area contributed by atoms with Crippen molar-refractivity contribution in [2.75, 3.05) is 24.7 Å². The van der Waals surface area contributed by atoms with E-state index in [4.69, 9.17) is 0 Å². The van der Waals surface area contributed by atoms with Gasteiger partial charge in [-0.05, 0) is 44.4 Å². The molecule has 2 nitrogen and oxygen atoms in total. The quantitative estimate of drug-likeness (QED) is 0.825. The van der Waals surface area contributed by atoms with Crippen LogP contribution in [0.3, 0.4) is 0 Å². The minimum absolute atomic E-state index is 0.470. The van der Waals surface area contributed by atoms with Gasteiger partial charge in [-0.1, -0.05) is 48.0 Å². The molecule has 2 aromatic carbocycles. The molecule has 0 amide bonds. The van der Waals surface area contributed by atoms with Crippen LogP contribution in [0.25, 0.3) is 0 Å². The van der Waals surface area contributed by atoms with Gasteiger partial charge in [0.15, 0.2) is 0 Å². The fourth-order valence-electron chi connectivity index (χ4n) is 3.72. The summed E-state index contributed by atoms with van der Waals surface area (Å²) in [5, 5.41) is 0. The Morgan fingerprint density at radius 1 is 0.909 bits per heavy atom. The van der Waals surface area contributed by atoms with Gasteiger partial charge in [-0.3, -0.25) is 4.90 Å². The topological polar surface area (TPSA) is 6.48 Å². The van der Waals surface area contributed by atoms with Crippen molar-refractivity contribution in [3.05, 3.63) is 64.7 Å². The third kappa shape index (κ3) is 2.89. The maximum atomic E-state index is 2.56. The van der Waals surface area contributed by atoms with Crippen LogP contribution >= 0.6 is 0 Å². The molecule has 2 aromatic rings. The second kappa shape index (κ2) is 6.13. The summed E-state index contributed by atoms with van der Waals surface area (Å²) in [6.07, 6.45) is 0. The fourth-order valence-corrected chi connectivity index (χ4v) is 3.72. The van der Waals surface area contributed by atoms with Gasteiger partial charge in [0.05, 0.1) is 6.67 Å². The number of benzene rings is 2. The fraction of sp³-hybridized carbons (Fsp3) is 0.400. The average molecular weight is 294 g/mol. The maximum Gasteiger partial charge on any atom is 0.0713 e. The number of anilines is 1. The Morgan fingerprint density at radius 3 is 2.18 bits per heavy atom. The predicted octanol–water partition coefficient (Wildman–Crippen LogP) is 4.45. The molecule has 3 rings (SSSR count). The van der Waals surface area contributed by atoms with Crippen LogP contribution in [0.5, 0.6) is 0 Å². The first kappa shape index (κ1) is 15.1. The minimum Gasteiger partial charge on any atom is -0.357 e. The van der Waals surface area contributed by atoms with Crippen molar-refractivity contribution in [1.82, 2.24) is 4.90 Å². The molecule has 1 aliphatic rings. The van der Waals surface area contributed by atoms with Crippen LogP contribution in [0, 0.1) is 20.8 Å². The highest BCUT2D eigenvalue weighted by Gasteiger charge is 2.26. The standard InChI is InChI=1S/C20H26N2/c1-15-12-16(2)20(17(3)13-15)22-11-10-21(14-22)18(4)19-8-6-5-7-9-19/h5-9,12-13,18H,10-11,14H2,1-4H3/t18-/m0/s1. The molecule has 0 spiro atoms. The van der Waals surface area contributed by atoms with E-state index in [1.165, 1.54) is 27.9 Å². The molecule has 0 saturated carbocycles. The van der Waals surface area contributed by atoms with Gasteiger partial charge in [0.2, 0.25) is 0 Å². The van der Waals surface area contributed by atoms with Crippen molar-refractivity contribution in [3.8, 4) is 0 Å². The second-order valence-electron chi connectivity index (χ2n) is 6.55. The van der Waals surface area contributed by atoms with Gasteiger partial charge in [0.25, 0.3) is 0 Å². The van der Waals surface area contributed by atoms with Crippen LogP contribution < -0.4 is 4.90 Å². The Bertz CT molecular complexity index is 625. The van der Waals surface area contributed by atoms with E-state index >= 15 is 0 Å². The SMILES string of the molecule is Cc1cc(C)c(N2CCN([C@@H](C)c3ccccc3)C2)c(C)c1. The zero-order valence-electron chi connectivity index (χ0n) is 14.1. The Labute approximate surface area is 134 Å². The van der Waals surface area contributed by atoms with Gasteiger partial charge in [-0.25, -0.2) is 0 Å². The van der Waals surface area contributed by atoms with E-state index in [-0.39, 0.29) is 0 Å². The molecule has 0 aromatic heterocycles. The third-order valence-electron chi connectivity index (χ3n) is 4.79. The molecule has 1 aliphatic heterocycles. The number of hydrogen-bond donors (Lipinski definition) is 0. The lowest BCUT2D eigenvalue weighted by molar-refractivity contribution is 0.265. The second-order valence-corrected chi connectivity index (χ2v) is 6.55. The van der Waals surface area contributed by atoms with Gasteiger partial charge < -0.3 is 4.90 Å². The normalized spacial score (nSPS) is 17.0. The molecular weight excluding hydrogens is 268 g/mol. The summed E-state index contributed by atoms with van der Waals surface area (Å²) < 4.78 is 0. The Kier molecular flexibility index (Phi) is 4.21. The first-order chi connectivity index (χ1) is 10.6. The van der Waals surface area contributed by atoms with Gasteiger partial charge in [0, 0.05) is 24.8 Å². The van der Waals surface area contributed by atoms with Crippen LogP contribution in [0.2, 0.25) is 0 Å². The zero-order chi connectivity index (χ0) is 15.7. The van der Waals surface area contributed by atoms with E-state index < -0.39 is 0 Å². The van der Waals surface area contributed by atoms with Crippen molar-refractivity contribution in [2.45, 2.75) is 33.7 Å². The minimum atomic E-state index is 0.470. The summed E-state index contributed by atoms with van der Waals surface area (Å²) in [5.41, 5.74) is 6.97. The first-order valence-corrected chi connectivity index (χ1v) is 8.18. The average Bonchev–Trinajstić information content (AvgIpc) is 2.96. The summed E-state index contributed by atoms with van der Waals surface area (Å²) in [6, 6.07) is 15.9. The van der Waals surface area contributed by atoms with Crippen molar-refractivity contribution < 1.29 is 0 Å². The summed E-state index contributed by atoms with van der Waals surface area (Å²) in [5.74, 6) is 0. The third-order valence-corrected chi connectivity index (χ3v) is 4.79. The largest absolute Gasteiger partial charge is 0.357 e. The molecule has 1 fully saturated rings. The highest BCUT2D eigenvalue weighted by molar-refractivity contribution is 5.60. The van der Waals surface area contributed by atoms with Crippen molar-refractivity contribution in [2.24, 2.45) is 0 Å². The van der Waals surface area contributed by atoms with Crippen LogP contribution in [0.1, 0.15) is 35.2 Å². The van der Waals surface area contributed by atoms with E-state index in [0.29, 0.717) is 6.04 Å². The van der Waals surface area contributed by atoms with Crippen LogP contribution in [0.4, 0.5) is 5.69 Å². The summed E-state index contributed by atoms with van der Waals surface area (Å²) in [7, 11) is 0. The molecule has 116 valence electrons. The Morgan fingerprint density at radius 2 is 1.55 bits per heavy atom. The maximum absolute atomic E-state index is 2.56. The summed E-state index contributed by atoms with van der Waals surface area (Å²) >= 11 is 0. The molecule has 0 radical (unpaired) electrons. The monoisotopic (exact) mass is 294 g/mol. The van der Waals surface area contributed by atoms with Crippen LogP contribution in [-0.4, -0.2) is 24.7 Å². The summed E-state index contributed by atoms with van der Waals surface area (Å²) in [6.45, 7) is 12.2. The summed E-state index contributed by atoms with van der Waals surface area (Å²) in [4.78, 5) is 5.09. The molecule has 22 heavy (non-hydrogen) atoms. The number of hydrogen-bond acceptors (Lipinski definition) is 2. The van der Waals surface area contributed by atoms with Gasteiger partial charge in [-0.2, -0.15) is 0 Å². The lowest BCUT2D eigenvalue weighted by Crippen LogP contribution is -2.28. The van der Waals surface area contributed by atoms with Crippen LogP contribution in [-0.2, 0) is 0 Å². The molecular formula is C20H26N2. The van der Waals surface area contributed by atoms with Gasteiger partial charge in [0.1, 0.15) is 0 Å². The van der Waals surface area contributed by atoms with E-state index in [1.807, 2.05) is 0 Å². The molecule has 0 bridgehead atoms. The van der Waals surface area contributed by atoms with E-state index in [9.17, 15) is 0 Å². The highest BCUT2D eigenvalue weighted by Crippen LogP contribution is 2.31. The number of aryl methyl sites for hydroxylation is 3. The molecule has 2 heteroatoms. The van der Waals surface area contributed by atoms with Crippen LogP contribution in [0.15, 0.2) is 42.5 Å². The molecule has 1 saturated heterocycles. The predicted molar refractivity (Wildman–Crippen MR) is 94.4 cm³/mol. The molecule has 0 N–H and O–H groups in total. The highest BCUT2D eigenvalue weighted by atomic mass is 15.4. The van der Waals surface area contributed by atoms with Crippen molar-refractivity contribution in [1.29, 1.82) is 0 Å². The number of nitrogens with zero attached hydrogens (tertiary/aromatic N) is 2. The molecule has 1 atom stereocenters. The first-order valence-electron chi connectivity index (χ1n) is 8.18. The van der Waals surface area contributed by atoms with Gasteiger partial charge in [-0.15, -0.1) is 0 Å². The Balaban J connectivity index is 1.78. The number of rotatable bonds is 3. The molecule has 1 heterocycles. The van der Waals surface area contributed by atoms with Gasteiger partial charge >= 0.3 is 0 Å². The van der Waals surface area contributed by atoms with Crippen molar-refractivity contribution >= 4 is 5.69 Å². The van der Waals surface area contributed by atoms with E-state index in [2.05, 4.69) is 80.0 Å². The molecule has 0 unspecified atom stereocenters. The van der Waals surface area contributed by atoms with E-state index in [1.54, 1.807) is 0 Å². The van der Waals surface area contributed by atoms with Crippen molar-refractivity contribution in [3.63, 3.8) is 0 Å². The van der Waals surface area contributed by atoms with E-state index in [0.717, 1.165) is 19.8 Å². The smallest absolute Gasteiger partial charge is 0.0713 e. The Hall–Kier alpha value is -1.80. The zero-order valence-corrected chi connectivity index (χ0v) is 14.1. The molecule has 0 aliphatic carbocycles. The lowest BCUT2D eigenvalue weighted by Gasteiger charge is -2.27.